The summed E-state index contributed by atoms with van der Waals surface area (Å²) in [6.45, 7) is 7.46. The molecule has 1 aromatic heterocycles. The van der Waals surface area contributed by atoms with E-state index in [4.69, 9.17) is 5.26 Å². The third-order valence-corrected chi connectivity index (χ3v) is 6.32. The molecule has 2 aliphatic rings. The number of hydrogen-bond donors (Lipinski definition) is 0. The molecule has 7 heteroatoms. The van der Waals surface area contributed by atoms with Gasteiger partial charge in [0.05, 0.1) is 12.1 Å². The second-order valence-electron chi connectivity index (χ2n) is 8.71. The van der Waals surface area contributed by atoms with Gasteiger partial charge in [0.25, 0.3) is 5.91 Å². The number of benzene rings is 1. The second-order valence-corrected chi connectivity index (χ2v) is 8.71. The van der Waals surface area contributed by atoms with Crippen LogP contribution in [0.4, 0.5) is 5.82 Å². The van der Waals surface area contributed by atoms with Crippen LogP contribution in [0.1, 0.15) is 37.0 Å². The Labute approximate surface area is 182 Å². The molecule has 7 nitrogen and oxygen atoms in total. The molecule has 1 spiro atoms. The number of amides is 2. The number of aryl methyl sites for hydroxylation is 1. The number of hydrogen-bond acceptors (Lipinski definition) is 5. The molecule has 2 saturated heterocycles. The summed E-state index contributed by atoms with van der Waals surface area (Å²) >= 11 is 0. The molecule has 0 N–H and O–H groups in total. The molecule has 0 radical (unpaired) electrons. The molecule has 0 bridgehead atoms. The van der Waals surface area contributed by atoms with E-state index in [0.717, 1.165) is 11.1 Å². The van der Waals surface area contributed by atoms with Gasteiger partial charge in [-0.05, 0) is 44.9 Å². The molecule has 4 rings (SSSR count). The van der Waals surface area contributed by atoms with Crippen molar-refractivity contribution in [3.63, 3.8) is 0 Å². The van der Waals surface area contributed by atoms with Crippen molar-refractivity contribution in [3.8, 4) is 6.07 Å². The molecular formula is C24H27N5O2. The first-order valence-electron chi connectivity index (χ1n) is 10.6. The summed E-state index contributed by atoms with van der Waals surface area (Å²) in [5.41, 5.74) is 1.75. The van der Waals surface area contributed by atoms with Crippen molar-refractivity contribution in [2.45, 2.75) is 45.3 Å². The Balaban J connectivity index is 1.68. The van der Waals surface area contributed by atoms with Gasteiger partial charge in [-0.15, -0.1) is 0 Å². The van der Waals surface area contributed by atoms with Crippen LogP contribution in [0.3, 0.4) is 0 Å². The summed E-state index contributed by atoms with van der Waals surface area (Å²) in [5.74, 6) is 0.696. The Hall–Kier alpha value is -3.40. The van der Waals surface area contributed by atoms with Crippen LogP contribution >= 0.6 is 0 Å². The summed E-state index contributed by atoms with van der Waals surface area (Å²) in [6.07, 6.45) is 2.09. The maximum atomic E-state index is 13.7. The number of aromatic nitrogens is 1. The highest BCUT2D eigenvalue weighted by Gasteiger charge is 2.56. The third-order valence-electron chi connectivity index (χ3n) is 6.32. The van der Waals surface area contributed by atoms with Gasteiger partial charge in [0.15, 0.2) is 0 Å². The van der Waals surface area contributed by atoms with Crippen molar-refractivity contribution in [1.29, 1.82) is 5.26 Å². The van der Waals surface area contributed by atoms with Crippen molar-refractivity contribution < 1.29 is 9.59 Å². The Morgan fingerprint density at radius 2 is 1.90 bits per heavy atom. The van der Waals surface area contributed by atoms with Gasteiger partial charge in [-0.25, -0.2) is 4.98 Å². The minimum Gasteiger partial charge on any atom is -0.354 e. The van der Waals surface area contributed by atoms with Crippen molar-refractivity contribution in [2.75, 3.05) is 24.5 Å². The van der Waals surface area contributed by atoms with Gasteiger partial charge in [0, 0.05) is 25.3 Å². The van der Waals surface area contributed by atoms with Gasteiger partial charge >= 0.3 is 0 Å². The number of carbonyl (C=O) groups excluding carboxylic acids is 2. The number of rotatable bonds is 4. The van der Waals surface area contributed by atoms with Crippen LogP contribution in [-0.4, -0.2) is 57.8 Å². The minimum absolute atomic E-state index is 0.00496. The Kier molecular flexibility index (Phi) is 5.40. The summed E-state index contributed by atoms with van der Waals surface area (Å²) < 4.78 is 0. The van der Waals surface area contributed by atoms with Gasteiger partial charge in [-0.1, -0.05) is 29.8 Å². The van der Waals surface area contributed by atoms with Gasteiger partial charge in [0.2, 0.25) is 5.91 Å². The van der Waals surface area contributed by atoms with Crippen LogP contribution in [0.25, 0.3) is 0 Å². The average molecular weight is 418 g/mol. The number of nitriles is 1. The SMILES string of the molecule is Cc1ccc(CN2C(=O)CN(C(C)C)C(=O)C23CCN(c2ccc(C#N)cn2)C3)cc1. The largest absolute Gasteiger partial charge is 0.354 e. The van der Waals surface area contributed by atoms with Crippen LogP contribution < -0.4 is 4.90 Å². The number of carbonyl (C=O) groups is 2. The molecule has 3 heterocycles. The van der Waals surface area contributed by atoms with E-state index < -0.39 is 5.54 Å². The zero-order valence-electron chi connectivity index (χ0n) is 18.2. The van der Waals surface area contributed by atoms with E-state index in [1.165, 1.54) is 0 Å². The van der Waals surface area contributed by atoms with Gasteiger partial charge < -0.3 is 14.7 Å². The minimum atomic E-state index is -0.917. The van der Waals surface area contributed by atoms with Gasteiger partial charge in [-0.2, -0.15) is 5.26 Å². The van der Waals surface area contributed by atoms with E-state index in [9.17, 15) is 9.59 Å². The van der Waals surface area contributed by atoms with Crippen LogP contribution in [0.2, 0.25) is 0 Å². The van der Waals surface area contributed by atoms with Crippen molar-refractivity contribution >= 4 is 17.6 Å². The van der Waals surface area contributed by atoms with Crippen LogP contribution in [0, 0.1) is 18.3 Å². The van der Waals surface area contributed by atoms with Crippen molar-refractivity contribution in [2.24, 2.45) is 0 Å². The average Bonchev–Trinajstić information content (AvgIpc) is 3.21. The number of pyridine rings is 1. The van der Waals surface area contributed by atoms with Crippen LogP contribution in [0.5, 0.6) is 0 Å². The lowest BCUT2D eigenvalue weighted by Crippen LogP contribution is -2.69. The van der Waals surface area contributed by atoms with Crippen LogP contribution in [-0.2, 0) is 16.1 Å². The smallest absolute Gasteiger partial charge is 0.251 e. The molecule has 31 heavy (non-hydrogen) atoms. The van der Waals surface area contributed by atoms with Gasteiger partial charge in [-0.3, -0.25) is 9.59 Å². The molecule has 160 valence electrons. The van der Waals surface area contributed by atoms with E-state index in [-0.39, 0.29) is 24.4 Å². The summed E-state index contributed by atoms with van der Waals surface area (Å²) in [5, 5.41) is 9.03. The normalized spacial score (nSPS) is 21.3. The summed E-state index contributed by atoms with van der Waals surface area (Å²) in [7, 11) is 0. The molecule has 0 saturated carbocycles. The molecule has 1 aromatic carbocycles. The lowest BCUT2D eigenvalue weighted by atomic mass is 9.89. The molecule has 2 amide bonds. The fourth-order valence-corrected chi connectivity index (χ4v) is 4.48. The Bertz CT molecular complexity index is 1030. The monoisotopic (exact) mass is 417 g/mol. The maximum absolute atomic E-state index is 13.7. The Morgan fingerprint density at radius 1 is 1.16 bits per heavy atom. The van der Waals surface area contributed by atoms with Crippen LogP contribution in [0.15, 0.2) is 42.6 Å². The van der Waals surface area contributed by atoms with Crippen molar-refractivity contribution in [1.82, 2.24) is 14.8 Å². The Morgan fingerprint density at radius 3 is 2.52 bits per heavy atom. The molecule has 1 unspecified atom stereocenters. The lowest BCUT2D eigenvalue weighted by Gasteiger charge is -2.48. The zero-order chi connectivity index (χ0) is 22.2. The fraction of sp³-hybridized carbons (Fsp3) is 0.417. The second kappa shape index (κ2) is 8.03. The standard InChI is InChI=1S/C24H27N5O2/c1-17(2)28-15-22(30)29(14-19-6-4-18(3)5-7-19)24(23(28)31)10-11-27(16-24)21-9-8-20(12-25)13-26-21/h4-9,13,17H,10-11,14-16H2,1-3H3. The van der Waals surface area contributed by atoms with E-state index in [1.807, 2.05) is 49.9 Å². The highest BCUT2D eigenvalue weighted by Crippen LogP contribution is 2.37. The summed E-state index contributed by atoms with van der Waals surface area (Å²) in [6, 6.07) is 13.7. The number of nitrogens with zero attached hydrogens (tertiary/aromatic N) is 5. The molecule has 2 aliphatic heterocycles. The molecule has 2 fully saturated rings. The molecule has 0 aliphatic carbocycles. The van der Waals surface area contributed by atoms with E-state index in [0.29, 0.717) is 37.4 Å². The topological polar surface area (TPSA) is 80.5 Å². The fourth-order valence-electron chi connectivity index (χ4n) is 4.48. The van der Waals surface area contributed by atoms with E-state index in [2.05, 4.69) is 11.1 Å². The maximum Gasteiger partial charge on any atom is 0.251 e. The molecule has 1 atom stereocenters. The number of piperazine rings is 1. The molecular weight excluding hydrogens is 390 g/mol. The van der Waals surface area contributed by atoms with E-state index in [1.54, 1.807) is 28.1 Å². The predicted molar refractivity (Wildman–Crippen MR) is 117 cm³/mol. The highest BCUT2D eigenvalue weighted by atomic mass is 16.2. The number of anilines is 1. The first-order chi connectivity index (χ1) is 14.8. The predicted octanol–water partition coefficient (Wildman–Crippen LogP) is 2.49. The summed E-state index contributed by atoms with van der Waals surface area (Å²) in [4.78, 5) is 36.9. The quantitative estimate of drug-likeness (QED) is 0.764. The van der Waals surface area contributed by atoms with Crippen molar-refractivity contribution in [3.05, 3.63) is 59.3 Å². The van der Waals surface area contributed by atoms with Gasteiger partial charge in [0.1, 0.15) is 24.0 Å². The highest BCUT2D eigenvalue weighted by molar-refractivity contribution is 5.99. The van der Waals surface area contributed by atoms with E-state index >= 15 is 0 Å². The first kappa shape index (κ1) is 20.9. The zero-order valence-corrected chi connectivity index (χ0v) is 18.2. The molecule has 2 aromatic rings. The third kappa shape index (κ3) is 3.74. The first-order valence-corrected chi connectivity index (χ1v) is 10.6. The lowest BCUT2D eigenvalue weighted by molar-refractivity contribution is -0.166.